The third-order valence-electron chi connectivity index (χ3n) is 7.15. The molecule has 5 rings (SSSR count). The van der Waals surface area contributed by atoms with Crippen LogP contribution < -0.4 is 9.62 Å². The van der Waals surface area contributed by atoms with Gasteiger partial charge >= 0.3 is 5.97 Å². The largest absolute Gasteiger partial charge is 0.464 e. The van der Waals surface area contributed by atoms with Crippen molar-refractivity contribution in [2.45, 2.75) is 50.2 Å². The van der Waals surface area contributed by atoms with E-state index >= 15 is 0 Å². The molecule has 0 radical (unpaired) electrons. The molecule has 14 heteroatoms. The Bertz CT molecular complexity index is 1690. The molecule has 0 amide bonds. The molecule has 0 saturated carbocycles. The Balaban J connectivity index is 1.34. The molecule has 11 nitrogen and oxygen atoms in total. The molecular weight excluding hydrogens is 641 g/mol. The van der Waals surface area contributed by atoms with Crippen LogP contribution >= 0.6 is 23.2 Å². The highest BCUT2D eigenvalue weighted by Gasteiger charge is 2.29. The zero-order valence-electron chi connectivity index (χ0n) is 24.8. The van der Waals surface area contributed by atoms with E-state index in [0.29, 0.717) is 31.2 Å². The van der Waals surface area contributed by atoms with Crippen LogP contribution in [0, 0.1) is 0 Å². The van der Waals surface area contributed by atoms with Crippen LogP contribution in [0.5, 0.6) is 0 Å². The van der Waals surface area contributed by atoms with E-state index in [4.69, 9.17) is 37.4 Å². The summed E-state index contributed by atoms with van der Waals surface area (Å²) in [6.07, 6.45) is 9.57. The topological polar surface area (TPSA) is 125 Å². The van der Waals surface area contributed by atoms with Crippen molar-refractivity contribution in [3.05, 3.63) is 71.1 Å². The van der Waals surface area contributed by atoms with E-state index < -0.39 is 22.5 Å². The van der Waals surface area contributed by atoms with Crippen molar-refractivity contribution in [1.29, 1.82) is 0 Å². The number of carbonyl (C=O) groups excluding carboxylic acids is 1. The molecule has 1 unspecified atom stereocenters. The van der Waals surface area contributed by atoms with E-state index in [0.717, 1.165) is 47.5 Å². The van der Waals surface area contributed by atoms with Gasteiger partial charge in [0.1, 0.15) is 12.4 Å². The molecule has 1 aliphatic rings. The highest BCUT2D eigenvalue weighted by molar-refractivity contribution is 7.92. The van der Waals surface area contributed by atoms with Gasteiger partial charge in [0.2, 0.25) is 0 Å². The average molecular weight is 677 g/mol. The molecule has 45 heavy (non-hydrogen) atoms. The van der Waals surface area contributed by atoms with Gasteiger partial charge in [-0.25, -0.2) is 18.4 Å². The van der Waals surface area contributed by atoms with Gasteiger partial charge in [-0.05, 0) is 68.1 Å². The number of hydrogen-bond donors (Lipinski definition) is 1. The normalized spacial score (nSPS) is 15.2. The van der Waals surface area contributed by atoms with E-state index in [9.17, 15) is 13.2 Å². The lowest BCUT2D eigenvalue weighted by molar-refractivity contribution is -0.159. The predicted octanol–water partition coefficient (Wildman–Crippen LogP) is 6.22. The average Bonchev–Trinajstić information content (AvgIpc) is 3.46. The summed E-state index contributed by atoms with van der Waals surface area (Å²) in [6.45, 7) is 3.44. The van der Waals surface area contributed by atoms with Crippen molar-refractivity contribution in [3.8, 4) is 5.82 Å². The highest BCUT2D eigenvalue weighted by Crippen LogP contribution is 2.31. The molecule has 1 atom stereocenters. The molecule has 2 aromatic heterocycles. The third-order valence-corrected chi connectivity index (χ3v) is 9.34. The summed E-state index contributed by atoms with van der Waals surface area (Å²) in [4.78, 5) is 21.6. The lowest BCUT2D eigenvalue weighted by atomic mass is 10.2. The van der Waals surface area contributed by atoms with Crippen LogP contribution in [-0.4, -0.2) is 68.1 Å². The SMILES string of the molecule is CCCCOC(=O)CN(c1ccc2c(ccn2-c2cnc(NCCOC3CCCCO3)cn2)c1)S(=O)(=O)c1cc(Cl)cc(Cl)c1. The molecule has 0 aliphatic carbocycles. The van der Waals surface area contributed by atoms with E-state index in [1.54, 1.807) is 30.6 Å². The molecule has 1 N–H and O–H groups in total. The Morgan fingerprint density at radius 1 is 1.09 bits per heavy atom. The summed E-state index contributed by atoms with van der Waals surface area (Å²) >= 11 is 12.2. The Morgan fingerprint density at radius 2 is 1.91 bits per heavy atom. The molecule has 4 aromatic rings. The zero-order chi connectivity index (χ0) is 31.8. The first-order valence-electron chi connectivity index (χ1n) is 14.8. The Labute approximate surface area is 272 Å². The lowest BCUT2D eigenvalue weighted by Crippen LogP contribution is -2.36. The molecule has 3 heterocycles. The number of anilines is 2. The van der Waals surface area contributed by atoms with Gasteiger partial charge in [0.05, 0.1) is 41.7 Å². The standard InChI is InChI=1S/C31H35Cl2N5O6S/c1-2-3-12-42-30(39)21-38(45(40,41)26-17-23(32)16-24(33)18-26)25-7-8-27-22(15-25)9-11-37(27)29-20-35-28(19-36-29)34-10-14-44-31-6-4-5-13-43-31/h7-9,11,15-20,31H,2-6,10,12-14,21H2,1H3,(H,34,35). The minimum absolute atomic E-state index is 0.140. The number of aromatic nitrogens is 3. The number of sulfonamides is 1. The first-order chi connectivity index (χ1) is 21.7. The van der Waals surface area contributed by atoms with E-state index in [1.165, 1.54) is 18.2 Å². The number of benzene rings is 2. The maximum Gasteiger partial charge on any atom is 0.326 e. The molecule has 0 spiro atoms. The van der Waals surface area contributed by atoms with Gasteiger partial charge in [-0.2, -0.15) is 0 Å². The number of rotatable bonds is 14. The molecular formula is C31H35Cl2N5O6S. The Morgan fingerprint density at radius 3 is 2.62 bits per heavy atom. The van der Waals surface area contributed by atoms with Gasteiger partial charge in [-0.15, -0.1) is 0 Å². The number of halogens is 2. The first kappa shape index (κ1) is 33.0. The smallest absolute Gasteiger partial charge is 0.326 e. The van der Waals surface area contributed by atoms with Gasteiger partial charge in [0.25, 0.3) is 10.0 Å². The van der Waals surface area contributed by atoms with Crippen LogP contribution in [-0.2, 0) is 29.0 Å². The number of nitrogens with zero attached hydrogens (tertiary/aromatic N) is 4. The summed E-state index contributed by atoms with van der Waals surface area (Å²) in [7, 11) is -4.25. The predicted molar refractivity (Wildman–Crippen MR) is 174 cm³/mol. The third kappa shape index (κ3) is 8.44. The quantitative estimate of drug-likeness (QED) is 0.122. The molecule has 1 aliphatic heterocycles. The fraction of sp³-hybridized carbons (Fsp3) is 0.387. The van der Waals surface area contributed by atoms with Crippen molar-refractivity contribution in [2.75, 3.05) is 42.5 Å². The summed E-state index contributed by atoms with van der Waals surface area (Å²) in [6, 6.07) is 10.9. The van der Waals surface area contributed by atoms with Crippen molar-refractivity contribution in [3.63, 3.8) is 0 Å². The van der Waals surface area contributed by atoms with Crippen LogP contribution in [0.15, 0.2) is 66.0 Å². The van der Waals surface area contributed by atoms with Crippen LogP contribution in [0.1, 0.15) is 39.0 Å². The molecule has 240 valence electrons. The van der Waals surface area contributed by atoms with E-state index in [1.807, 2.05) is 23.8 Å². The lowest BCUT2D eigenvalue weighted by Gasteiger charge is -2.24. The maximum atomic E-state index is 13.8. The minimum atomic E-state index is -4.25. The van der Waals surface area contributed by atoms with Gasteiger partial charge in [0, 0.05) is 34.8 Å². The van der Waals surface area contributed by atoms with Crippen molar-refractivity contribution in [1.82, 2.24) is 14.5 Å². The number of hydrogen-bond acceptors (Lipinski definition) is 9. The second-order valence-electron chi connectivity index (χ2n) is 10.5. The Hall–Kier alpha value is -3.42. The fourth-order valence-corrected chi connectivity index (χ4v) is 6.98. The number of ether oxygens (including phenoxy) is 3. The van der Waals surface area contributed by atoms with Crippen molar-refractivity contribution in [2.24, 2.45) is 0 Å². The van der Waals surface area contributed by atoms with Crippen LogP contribution in [0.25, 0.3) is 16.7 Å². The number of unbranched alkanes of at least 4 members (excludes halogenated alkanes) is 1. The van der Waals surface area contributed by atoms with E-state index in [2.05, 4.69) is 15.3 Å². The minimum Gasteiger partial charge on any atom is -0.464 e. The molecule has 0 bridgehead atoms. The van der Waals surface area contributed by atoms with Gasteiger partial charge in [-0.3, -0.25) is 13.7 Å². The van der Waals surface area contributed by atoms with Crippen LogP contribution in [0.3, 0.4) is 0 Å². The van der Waals surface area contributed by atoms with Crippen LogP contribution in [0.2, 0.25) is 10.0 Å². The fourth-order valence-electron chi connectivity index (χ4n) is 4.85. The Kier molecular flexibility index (Phi) is 11.2. The summed E-state index contributed by atoms with van der Waals surface area (Å²) < 4.78 is 47.1. The first-order valence-corrected chi connectivity index (χ1v) is 17.0. The number of esters is 1. The van der Waals surface area contributed by atoms with Gasteiger partial charge in [0.15, 0.2) is 12.1 Å². The molecule has 1 fully saturated rings. The summed E-state index contributed by atoms with van der Waals surface area (Å²) in [5.74, 6) is 0.516. The van der Waals surface area contributed by atoms with E-state index in [-0.39, 0.29) is 33.5 Å². The molecule has 1 saturated heterocycles. The van der Waals surface area contributed by atoms with Crippen molar-refractivity contribution < 1.29 is 27.4 Å². The number of nitrogens with one attached hydrogen (secondary N) is 1. The summed E-state index contributed by atoms with van der Waals surface area (Å²) in [5, 5.41) is 4.24. The van der Waals surface area contributed by atoms with Gasteiger partial charge < -0.3 is 19.5 Å². The molecule has 2 aromatic carbocycles. The van der Waals surface area contributed by atoms with Gasteiger partial charge in [-0.1, -0.05) is 36.5 Å². The highest BCUT2D eigenvalue weighted by atomic mass is 35.5. The monoisotopic (exact) mass is 675 g/mol. The number of carbonyl (C=O) groups is 1. The van der Waals surface area contributed by atoms with Crippen LogP contribution in [0.4, 0.5) is 11.5 Å². The second-order valence-corrected chi connectivity index (χ2v) is 13.2. The number of fused-ring (bicyclic) bond motifs is 1. The second kappa shape index (κ2) is 15.2. The van der Waals surface area contributed by atoms with Crippen molar-refractivity contribution >= 4 is 61.6 Å². The summed E-state index contributed by atoms with van der Waals surface area (Å²) in [5.41, 5.74) is 1.04. The zero-order valence-corrected chi connectivity index (χ0v) is 27.2. The maximum absolute atomic E-state index is 13.8.